The molecule has 3 rings (SSSR count). The summed E-state index contributed by atoms with van der Waals surface area (Å²) in [4.78, 5) is 18.8. The van der Waals surface area contributed by atoms with Crippen LogP contribution >= 0.6 is 0 Å². The van der Waals surface area contributed by atoms with Crippen molar-refractivity contribution in [2.75, 3.05) is 13.1 Å². The van der Waals surface area contributed by atoms with Crippen LogP contribution < -0.4 is 5.32 Å². The van der Waals surface area contributed by atoms with Gasteiger partial charge in [-0.25, -0.2) is 0 Å². The van der Waals surface area contributed by atoms with Crippen molar-refractivity contribution in [3.8, 4) is 0 Å². The van der Waals surface area contributed by atoms with Crippen molar-refractivity contribution >= 4 is 5.91 Å². The second-order valence-corrected chi connectivity index (χ2v) is 7.05. The molecule has 25 heavy (non-hydrogen) atoms. The zero-order valence-corrected chi connectivity index (χ0v) is 15.0. The molecule has 1 N–H and O–H groups in total. The van der Waals surface area contributed by atoms with Gasteiger partial charge >= 0.3 is 0 Å². The van der Waals surface area contributed by atoms with E-state index in [0.717, 1.165) is 38.2 Å². The molecule has 0 radical (unpaired) electrons. The number of aryl methyl sites for hydroxylation is 1. The maximum Gasteiger partial charge on any atom is 0.273 e. The van der Waals surface area contributed by atoms with Crippen molar-refractivity contribution in [2.45, 2.75) is 52.6 Å². The van der Waals surface area contributed by atoms with E-state index in [1.54, 1.807) is 13.0 Å². The molecule has 2 aromatic heterocycles. The monoisotopic (exact) mass is 347 g/mol. The van der Waals surface area contributed by atoms with E-state index >= 15 is 0 Å². The number of amides is 1. The minimum absolute atomic E-state index is 0.153. The summed E-state index contributed by atoms with van der Waals surface area (Å²) < 4.78 is 10.3. The number of carbonyl (C=O) groups excluding carboxylic acids is 1. The Labute approximate surface area is 146 Å². The van der Waals surface area contributed by atoms with Crippen LogP contribution in [0.3, 0.4) is 0 Å². The first kappa shape index (κ1) is 17.6. The van der Waals surface area contributed by atoms with Crippen LogP contribution in [0.2, 0.25) is 0 Å². The predicted molar refractivity (Wildman–Crippen MR) is 89.8 cm³/mol. The SMILES string of the molecule is Cc1cc(C(=O)NC2CCN(Cc3nc(CC(C)C)no3)CC2)no1. The second-order valence-electron chi connectivity index (χ2n) is 7.05. The summed E-state index contributed by atoms with van der Waals surface area (Å²) in [6, 6.07) is 1.80. The number of nitrogens with zero attached hydrogens (tertiary/aromatic N) is 4. The molecular formula is C17H25N5O3. The van der Waals surface area contributed by atoms with E-state index in [0.29, 0.717) is 29.8 Å². The van der Waals surface area contributed by atoms with Gasteiger partial charge in [-0.2, -0.15) is 4.98 Å². The van der Waals surface area contributed by atoms with Crippen LogP contribution in [0.25, 0.3) is 0 Å². The summed E-state index contributed by atoms with van der Waals surface area (Å²) in [5, 5.41) is 10.8. The van der Waals surface area contributed by atoms with E-state index in [-0.39, 0.29) is 11.9 Å². The first-order valence-electron chi connectivity index (χ1n) is 8.77. The lowest BCUT2D eigenvalue weighted by Crippen LogP contribution is -2.44. The van der Waals surface area contributed by atoms with Gasteiger partial charge in [-0.1, -0.05) is 24.2 Å². The molecule has 0 unspecified atom stereocenters. The lowest BCUT2D eigenvalue weighted by molar-refractivity contribution is 0.0895. The van der Waals surface area contributed by atoms with Gasteiger partial charge in [-0.15, -0.1) is 0 Å². The van der Waals surface area contributed by atoms with Gasteiger partial charge in [0.05, 0.1) is 6.54 Å². The van der Waals surface area contributed by atoms with E-state index in [1.165, 1.54) is 0 Å². The van der Waals surface area contributed by atoms with Gasteiger partial charge in [0.15, 0.2) is 11.5 Å². The molecule has 0 atom stereocenters. The van der Waals surface area contributed by atoms with Crippen LogP contribution in [0, 0.1) is 12.8 Å². The van der Waals surface area contributed by atoms with Gasteiger partial charge in [0.25, 0.3) is 5.91 Å². The average Bonchev–Trinajstić information content (AvgIpc) is 3.18. The largest absolute Gasteiger partial charge is 0.361 e. The second kappa shape index (κ2) is 7.77. The maximum atomic E-state index is 12.1. The van der Waals surface area contributed by atoms with Gasteiger partial charge in [0.2, 0.25) is 5.89 Å². The Morgan fingerprint density at radius 3 is 2.72 bits per heavy atom. The number of nitrogens with one attached hydrogen (secondary N) is 1. The van der Waals surface area contributed by atoms with E-state index in [4.69, 9.17) is 9.05 Å². The normalized spacial score (nSPS) is 16.5. The summed E-state index contributed by atoms with van der Waals surface area (Å²) in [5.41, 5.74) is 0.337. The van der Waals surface area contributed by atoms with Crippen molar-refractivity contribution < 1.29 is 13.8 Å². The number of hydrogen-bond acceptors (Lipinski definition) is 7. The Hall–Kier alpha value is -2.22. The molecule has 8 heteroatoms. The van der Waals surface area contributed by atoms with E-state index in [9.17, 15) is 4.79 Å². The highest BCUT2D eigenvalue weighted by Gasteiger charge is 2.23. The quantitative estimate of drug-likeness (QED) is 0.853. The first-order valence-corrected chi connectivity index (χ1v) is 8.77. The number of aromatic nitrogens is 3. The van der Waals surface area contributed by atoms with Crippen LogP contribution in [0.1, 0.15) is 54.7 Å². The Morgan fingerprint density at radius 1 is 1.32 bits per heavy atom. The van der Waals surface area contributed by atoms with Crippen molar-refractivity contribution in [3.05, 3.63) is 29.2 Å². The van der Waals surface area contributed by atoms with Gasteiger partial charge in [-0.05, 0) is 25.7 Å². The fraction of sp³-hybridized carbons (Fsp3) is 0.647. The van der Waals surface area contributed by atoms with Crippen molar-refractivity contribution in [1.29, 1.82) is 0 Å². The third-order valence-electron chi connectivity index (χ3n) is 4.24. The molecule has 1 fully saturated rings. The van der Waals surface area contributed by atoms with Crippen LogP contribution in [-0.4, -0.2) is 45.2 Å². The number of hydrogen-bond donors (Lipinski definition) is 1. The van der Waals surface area contributed by atoms with Gasteiger partial charge in [0, 0.05) is 31.6 Å². The van der Waals surface area contributed by atoms with E-state index in [2.05, 4.69) is 39.4 Å². The first-order chi connectivity index (χ1) is 12.0. The molecular weight excluding hydrogens is 322 g/mol. The summed E-state index contributed by atoms with van der Waals surface area (Å²) in [6.45, 7) is 8.46. The van der Waals surface area contributed by atoms with Gasteiger partial charge < -0.3 is 14.4 Å². The minimum atomic E-state index is -0.175. The highest BCUT2D eigenvalue weighted by molar-refractivity contribution is 5.92. The third kappa shape index (κ3) is 4.88. The van der Waals surface area contributed by atoms with Gasteiger partial charge in [0.1, 0.15) is 5.76 Å². The number of carbonyl (C=O) groups is 1. The van der Waals surface area contributed by atoms with Crippen LogP contribution in [0.4, 0.5) is 0 Å². The lowest BCUT2D eigenvalue weighted by Gasteiger charge is -2.31. The summed E-state index contributed by atoms with van der Waals surface area (Å²) in [5.74, 6) is 2.41. The molecule has 136 valence electrons. The van der Waals surface area contributed by atoms with E-state index < -0.39 is 0 Å². The molecule has 0 saturated carbocycles. The fourth-order valence-electron chi connectivity index (χ4n) is 2.96. The Bertz CT molecular complexity index is 701. The van der Waals surface area contributed by atoms with Crippen molar-refractivity contribution in [2.24, 2.45) is 5.92 Å². The topological polar surface area (TPSA) is 97.3 Å². The molecule has 0 spiro atoms. The smallest absolute Gasteiger partial charge is 0.273 e. The molecule has 3 heterocycles. The minimum Gasteiger partial charge on any atom is -0.361 e. The highest BCUT2D eigenvalue weighted by atomic mass is 16.5. The van der Waals surface area contributed by atoms with Gasteiger partial charge in [-0.3, -0.25) is 9.69 Å². The predicted octanol–water partition coefficient (Wildman–Crippen LogP) is 1.96. The standard InChI is InChI=1S/C17H25N5O3/c1-11(2)8-15-19-16(25-21-15)10-22-6-4-13(5-7-22)18-17(23)14-9-12(3)24-20-14/h9,11,13H,4-8,10H2,1-3H3,(H,18,23). The van der Waals surface area contributed by atoms with Crippen molar-refractivity contribution in [3.63, 3.8) is 0 Å². The summed E-state index contributed by atoms with van der Waals surface area (Å²) in [6.07, 6.45) is 2.60. The number of likely N-dealkylation sites (tertiary alicyclic amines) is 1. The Balaban J connectivity index is 1.44. The summed E-state index contributed by atoms with van der Waals surface area (Å²) in [7, 11) is 0. The molecule has 1 aliphatic heterocycles. The lowest BCUT2D eigenvalue weighted by atomic mass is 10.0. The summed E-state index contributed by atoms with van der Waals surface area (Å²) >= 11 is 0. The molecule has 8 nitrogen and oxygen atoms in total. The average molecular weight is 347 g/mol. The van der Waals surface area contributed by atoms with Crippen LogP contribution in [0.15, 0.2) is 15.1 Å². The number of piperidine rings is 1. The molecule has 0 aliphatic carbocycles. The maximum absolute atomic E-state index is 12.1. The number of rotatable bonds is 6. The van der Waals surface area contributed by atoms with Crippen molar-refractivity contribution in [1.82, 2.24) is 25.5 Å². The fourth-order valence-corrected chi connectivity index (χ4v) is 2.96. The highest BCUT2D eigenvalue weighted by Crippen LogP contribution is 2.14. The molecule has 1 amide bonds. The molecule has 0 aromatic carbocycles. The zero-order valence-electron chi connectivity index (χ0n) is 15.0. The van der Waals surface area contributed by atoms with E-state index in [1.807, 2.05) is 0 Å². The van der Waals surface area contributed by atoms with Crippen LogP contribution in [-0.2, 0) is 13.0 Å². The zero-order chi connectivity index (χ0) is 17.8. The molecule has 1 saturated heterocycles. The molecule has 2 aromatic rings. The van der Waals surface area contributed by atoms with Crippen LogP contribution in [0.5, 0.6) is 0 Å². The molecule has 0 bridgehead atoms. The Morgan fingerprint density at radius 2 is 2.08 bits per heavy atom. The third-order valence-corrected chi connectivity index (χ3v) is 4.24. The molecule has 1 aliphatic rings. The Kier molecular flexibility index (Phi) is 5.47.